The average molecular weight is 240 g/mol. The van der Waals surface area contributed by atoms with Crippen molar-refractivity contribution in [1.82, 2.24) is 0 Å². The van der Waals surface area contributed by atoms with E-state index in [9.17, 15) is 15.2 Å². The summed E-state index contributed by atoms with van der Waals surface area (Å²) in [4.78, 5) is 12.1. The molecule has 6 heteroatoms. The van der Waals surface area contributed by atoms with Crippen LogP contribution in [0.2, 0.25) is 0 Å². The van der Waals surface area contributed by atoms with Gasteiger partial charge in [-0.1, -0.05) is 6.07 Å². The lowest BCUT2D eigenvalue weighted by molar-refractivity contribution is -0.384. The third-order valence-electron chi connectivity index (χ3n) is 2.53. The summed E-state index contributed by atoms with van der Waals surface area (Å²) in [5.41, 5.74) is 0.852. The van der Waals surface area contributed by atoms with Crippen LogP contribution in [0.25, 0.3) is 0 Å². The normalized spacial score (nSPS) is 12.2. The van der Waals surface area contributed by atoms with Crippen molar-refractivity contribution in [3.05, 3.63) is 33.9 Å². The molecular formula is C11H16N2O4. The Bertz CT molecular complexity index is 406. The molecule has 0 spiro atoms. The Hall–Kier alpha value is -1.66. The molecule has 0 unspecified atom stereocenters. The molecule has 0 heterocycles. The van der Waals surface area contributed by atoms with Crippen molar-refractivity contribution in [2.75, 3.05) is 25.1 Å². The average Bonchev–Trinajstić information content (AvgIpc) is 2.28. The van der Waals surface area contributed by atoms with Crippen LogP contribution in [0.3, 0.4) is 0 Å². The SMILES string of the molecule is C[C@H](O)c1ccc(N(C)CCO)c([N+](=O)[O-])c1. The molecule has 0 saturated carbocycles. The first-order valence-electron chi connectivity index (χ1n) is 5.25. The van der Waals surface area contributed by atoms with Gasteiger partial charge in [0, 0.05) is 19.7 Å². The van der Waals surface area contributed by atoms with Gasteiger partial charge in [-0.25, -0.2) is 0 Å². The smallest absolute Gasteiger partial charge is 0.292 e. The molecule has 0 bridgehead atoms. The number of likely N-dealkylation sites (N-methyl/N-ethyl adjacent to an activating group) is 1. The molecule has 0 fully saturated rings. The summed E-state index contributed by atoms with van der Waals surface area (Å²) in [7, 11) is 1.67. The molecule has 0 aliphatic heterocycles. The number of anilines is 1. The summed E-state index contributed by atoms with van der Waals surface area (Å²) in [6, 6.07) is 4.57. The number of nitro groups is 1. The highest BCUT2D eigenvalue weighted by Crippen LogP contribution is 2.30. The van der Waals surface area contributed by atoms with Crippen molar-refractivity contribution >= 4 is 11.4 Å². The molecule has 94 valence electrons. The van der Waals surface area contributed by atoms with Crippen LogP contribution in [0.4, 0.5) is 11.4 Å². The molecule has 0 aliphatic carbocycles. The molecule has 1 aromatic carbocycles. The lowest BCUT2D eigenvalue weighted by Gasteiger charge is -2.18. The summed E-state index contributed by atoms with van der Waals surface area (Å²) in [5, 5.41) is 29.1. The topological polar surface area (TPSA) is 86.8 Å². The van der Waals surface area contributed by atoms with Crippen LogP contribution in [-0.2, 0) is 0 Å². The maximum Gasteiger partial charge on any atom is 0.292 e. The summed E-state index contributed by atoms with van der Waals surface area (Å²) in [5.74, 6) is 0. The number of aliphatic hydroxyl groups excluding tert-OH is 2. The van der Waals surface area contributed by atoms with Gasteiger partial charge in [0.2, 0.25) is 0 Å². The van der Waals surface area contributed by atoms with Crippen LogP contribution in [0, 0.1) is 10.1 Å². The van der Waals surface area contributed by atoms with Gasteiger partial charge in [-0.3, -0.25) is 10.1 Å². The van der Waals surface area contributed by atoms with Gasteiger partial charge in [-0.05, 0) is 18.6 Å². The molecule has 0 amide bonds. The second kappa shape index (κ2) is 5.60. The third-order valence-corrected chi connectivity index (χ3v) is 2.53. The van der Waals surface area contributed by atoms with Crippen LogP contribution in [0.15, 0.2) is 18.2 Å². The largest absolute Gasteiger partial charge is 0.395 e. The van der Waals surface area contributed by atoms with Crippen LogP contribution >= 0.6 is 0 Å². The van der Waals surface area contributed by atoms with E-state index in [2.05, 4.69) is 0 Å². The lowest BCUT2D eigenvalue weighted by Crippen LogP contribution is -2.22. The third kappa shape index (κ3) is 3.15. The number of benzene rings is 1. The minimum atomic E-state index is -0.745. The zero-order chi connectivity index (χ0) is 13.0. The number of hydrogen-bond acceptors (Lipinski definition) is 5. The van der Waals surface area contributed by atoms with Gasteiger partial charge >= 0.3 is 0 Å². The fourth-order valence-electron chi connectivity index (χ4n) is 1.54. The van der Waals surface area contributed by atoms with Crippen LogP contribution in [-0.4, -0.2) is 35.3 Å². The van der Waals surface area contributed by atoms with E-state index in [0.29, 0.717) is 17.8 Å². The quantitative estimate of drug-likeness (QED) is 0.594. The maximum absolute atomic E-state index is 10.9. The Morgan fingerprint density at radius 1 is 1.53 bits per heavy atom. The van der Waals surface area contributed by atoms with E-state index in [1.165, 1.54) is 6.07 Å². The van der Waals surface area contributed by atoms with Gasteiger partial charge in [0.1, 0.15) is 5.69 Å². The van der Waals surface area contributed by atoms with E-state index < -0.39 is 11.0 Å². The second-order valence-electron chi connectivity index (χ2n) is 3.83. The molecule has 1 rings (SSSR count). The number of rotatable bonds is 5. The first kappa shape index (κ1) is 13.4. The molecule has 0 aromatic heterocycles. The van der Waals surface area contributed by atoms with Gasteiger partial charge < -0.3 is 15.1 Å². The summed E-state index contributed by atoms with van der Waals surface area (Å²) < 4.78 is 0. The van der Waals surface area contributed by atoms with Gasteiger partial charge in [-0.2, -0.15) is 0 Å². The van der Waals surface area contributed by atoms with Crippen molar-refractivity contribution in [3.63, 3.8) is 0 Å². The minimum absolute atomic E-state index is 0.0700. The highest BCUT2D eigenvalue weighted by atomic mass is 16.6. The highest BCUT2D eigenvalue weighted by Gasteiger charge is 2.18. The molecular weight excluding hydrogens is 224 g/mol. The first-order chi connectivity index (χ1) is 7.97. The molecule has 0 radical (unpaired) electrons. The zero-order valence-corrected chi connectivity index (χ0v) is 9.83. The van der Waals surface area contributed by atoms with Crippen LogP contribution in [0.1, 0.15) is 18.6 Å². The molecule has 6 nitrogen and oxygen atoms in total. The molecule has 2 N–H and O–H groups in total. The second-order valence-corrected chi connectivity index (χ2v) is 3.83. The predicted molar refractivity (Wildman–Crippen MR) is 64.1 cm³/mol. The Kier molecular flexibility index (Phi) is 4.42. The number of nitro benzene ring substituents is 1. The monoisotopic (exact) mass is 240 g/mol. The van der Waals surface area contributed by atoms with Crippen molar-refractivity contribution in [3.8, 4) is 0 Å². The number of aliphatic hydroxyl groups is 2. The molecule has 17 heavy (non-hydrogen) atoms. The van der Waals surface area contributed by atoms with E-state index in [0.717, 1.165) is 0 Å². The van der Waals surface area contributed by atoms with Crippen molar-refractivity contribution in [1.29, 1.82) is 0 Å². The first-order valence-corrected chi connectivity index (χ1v) is 5.25. The van der Waals surface area contributed by atoms with Gasteiger partial charge in [0.15, 0.2) is 0 Å². The van der Waals surface area contributed by atoms with E-state index in [-0.39, 0.29) is 12.3 Å². The van der Waals surface area contributed by atoms with Crippen molar-refractivity contribution in [2.45, 2.75) is 13.0 Å². The van der Waals surface area contributed by atoms with E-state index in [1.54, 1.807) is 31.0 Å². The fourth-order valence-corrected chi connectivity index (χ4v) is 1.54. The standard InChI is InChI=1S/C11H16N2O4/c1-8(15)9-3-4-10(12(2)5-6-14)11(7-9)13(16)17/h3-4,7-8,14-15H,5-6H2,1-2H3/t8-/m0/s1. The van der Waals surface area contributed by atoms with E-state index in [1.807, 2.05) is 0 Å². The fraction of sp³-hybridized carbons (Fsp3) is 0.455. The Balaban J connectivity index is 3.17. The van der Waals surface area contributed by atoms with Gasteiger partial charge in [-0.15, -0.1) is 0 Å². The Labute approximate surface area is 99.3 Å². The predicted octanol–water partition coefficient (Wildman–Crippen LogP) is 1.08. The minimum Gasteiger partial charge on any atom is -0.395 e. The molecule has 0 aliphatic rings. The van der Waals surface area contributed by atoms with Gasteiger partial charge in [0.25, 0.3) is 5.69 Å². The summed E-state index contributed by atoms with van der Waals surface area (Å²) >= 11 is 0. The van der Waals surface area contributed by atoms with Gasteiger partial charge in [0.05, 0.1) is 17.6 Å². The number of hydrogen-bond donors (Lipinski definition) is 2. The molecule has 1 aromatic rings. The van der Waals surface area contributed by atoms with Crippen LogP contribution in [0.5, 0.6) is 0 Å². The molecule has 0 saturated heterocycles. The lowest BCUT2D eigenvalue weighted by atomic mass is 10.1. The van der Waals surface area contributed by atoms with Crippen molar-refractivity contribution in [2.24, 2.45) is 0 Å². The van der Waals surface area contributed by atoms with Crippen LogP contribution < -0.4 is 4.90 Å². The Morgan fingerprint density at radius 2 is 2.18 bits per heavy atom. The zero-order valence-electron chi connectivity index (χ0n) is 9.83. The van der Waals surface area contributed by atoms with E-state index in [4.69, 9.17) is 5.11 Å². The van der Waals surface area contributed by atoms with Crippen molar-refractivity contribution < 1.29 is 15.1 Å². The maximum atomic E-state index is 10.9. The summed E-state index contributed by atoms with van der Waals surface area (Å²) in [6.07, 6.45) is -0.745. The molecule has 1 atom stereocenters. The summed E-state index contributed by atoms with van der Waals surface area (Å²) in [6.45, 7) is 1.79. The van der Waals surface area contributed by atoms with E-state index >= 15 is 0 Å². The Morgan fingerprint density at radius 3 is 2.65 bits per heavy atom. The number of nitrogens with zero attached hydrogens (tertiary/aromatic N) is 2. The highest BCUT2D eigenvalue weighted by molar-refractivity contribution is 5.64.